The minimum atomic E-state index is 0.161. The highest BCUT2D eigenvalue weighted by atomic mass is 79.9. The van der Waals surface area contributed by atoms with E-state index in [-0.39, 0.29) is 6.61 Å². The molecule has 0 spiro atoms. The number of hydrogen-bond donors (Lipinski definition) is 1. The van der Waals surface area contributed by atoms with Crippen molar-refractivity contribution in [3.63, 3.8) is 0 Å². The predicted octanol–water partition coefficient (Wildman–Crippen LogP) is 2.84. The number of nitrogens with zero attached hydrogens (tertiary/aromatic N) is 2. The molecule has 1 N–H and O–H groups in total. The van der Waals surface area contributed by atoms with Gasteiger partial charge in [-0.1, -0.05) is 30.3 Å². The maximum absolute atomic E-state index is 9.18. The fraction of sp³-hybridized carbons (Fsp3) is 0.267. The van der Waals surface area contributed by atoms with Crippen molar-refractivity contribution in [3.05, 3.63) is 64.4 Å². The highest BCUT2D eigenvalue weighted by Crippen LogP contribution is 2.13. The van der Waals surface area contributed by atoms with Gasteiger partial charge in [-0.05, 0) is 33.1 Å². The summed E-state index contributed by atoms with van der Waals surface area (Å²) in [6.45, 7) is 2.42. The van der Waals surface area contributed by atoms with Gasteiger partial charge < -0.3 is 5.11 Å². The van der Waals surface area contributed by atoms with Crippen LogP contribution in [0.1, 0.15) is 11.1 Å². The molecular weight excluding hydrogens is 304 g/mol. The topological polar surface area (TPSA) is 36.4 Å². The van der Waals surface area contributed by atoms with E-state index in [0.717, 1.165) is 23.1 Å². The van der Waals surface area contributed by atoms with Crippen LogP contribution in [0.15, 0.2) is 53.3 Å². The Bertz CT molecular complexity index is 505. The van der Waals surface area contributed by atoms with E-state index in [1.54, 1.807) is 6.20 Å². The lowest BCUT2D eigenvalue weighted by molar-refractivity contribution is 0.184. The Kier molecular flexibility index (Phi) is 5.51. The first-order valence-electron chi connectivity index (χ1n) is 6.24. The Morgan fingerprint density at radius 2 is 1.79 bits per heavy atom. The molecule has 4 heteroatoms. The maximum Gasteiger partial charge on any atom is 0.0558 e. The second-order valence-electron chi connectivity index (χ2n) is 4.43. The summed E-state index contributed by atoms with van der Waals surface area (Å²) in [4.78, 5) is 6.38. The lowest BCUT2D eigenvalue weighted by atomic mass is 10.2. The summed E-state index contributed by atoms with van der Waals surface area (Å²) < 4.78 is 0.980. The van der Waals surface area contributed by atoms with E-state index in [4.69, 9.17) is 0 Å². The lowest BCUT2D eigenvalue weighted by Crippen LogP contribution is -2.26. The molecule has 0 fully saturated rings. The Labute approximate surface area is 122 Å². The van der Waals surface area contributed by atoms with Crippen LogP contribution in [0, 0.1) is 0 Å². The molecule has 0 atom stereocenters. The monoisotopic (exact) mass is 320 g/mol. The first-order chi connectivity index (χ1) is 9.28. The zero-order valence-corrected chi connectivity index (χ0v) is 12.3. The standard InChI is InChI=1S/C15H17BrN2O/c16-15-8-14(9-17-10-15)12-18(6-7-19)11-13-4-2-1-3-5-13/h1-5,8-10,19H,6-7,11-12H2. The van der Waals surface area contributed by atoms with Crippen LogP contribution in [0.3, 0.4) is 0 Å². The molecule has 0 aliphatic rings. The van der Waals surface area contributed by atoms with E-state index in [1.165, 1.54) is 5.56 Å². The zero-order valence-electron chi connectivity index (χ0n) is 10.7. The van der Waals surface area contributed by atoms with Crippen molar-refractivity contribution in [2.24, 2.45) is 0 Å². The van der Waals surface area contributed by atoms with Gasteiger partial charge in [0.1, 0.15) is 0 Å². The average molecular weight is 321 g/mol. The molecule has 1 aromatic carbocycles. The average Bonchev–Trinajstić information content (AvgIpc) is 2.40. The Morgan fingerprint density at radius 3 is 2.47 bits per heavy atom. The van der Waals surface area contributed by atoms with Gasteiger partial charge in [-0.15, -0.1) is 0 Å². The summed E-state index contributed by atoms with van der Waals surface area (Å²) in [6.07, 6.45) is 3.64. The molecule has 1 heterocycles. The third kappa shape index (κ3) is 4.74. The van der Waals surface area contributed by atoms with Gasteiger partial charge in [0.2, 0.25) is 0 Å². The summed E-state index contributed by atoms with van der Waals surface area (Å²) in [5, 5.41) is 9.18. The van der Waals surface area contributed by atoms with Crippen LogP contribution in [0.2, 0.25) is 0 Å². The number of aliphatic hydroxyl groups excluding tert-OH is 1. The van der Waals surface area contributed by atoms with Crippen molar-refractivity contribution < 1.29 is 5.11 Å². The molecule has 3 nitrogen and oxygen atoms in total. The first kappa shape index (κ1) is 14.2. The molecule has 100 valence electrons. The van der Waals surface area contributed by atoms with Crippen LogP contribution in [0.25, 0.3) is 0 Å². The number of aromatic nitrogens is 1. The molecule has 0 unspecified atom stereocenters. The minimum absolute atomic E-state index is 0.161. The van der Waals surface area contributed by atoms with Crippen LogP contribution in [-0.2, 0) is 13.1 Å². The zero-order chi connectivity index (χ0) is 13.5. The van der Waals surface area contributed by atoms with E-state index in [2.05, 4.69) is 44.0 Å². The molecule has 0 saturated carbocycles. The third-order valence-electron chi connectivity index (χ3n) is 2.83. The molecule has 0 aliphatic heterocycles. The van der Waals surface area contributed by atoms with Gasteiger partial charge >= 0.3 is 0 Å². The van der Waals surface area contributed by atoms with Crippen molar-refractivity contribution >= 4 is 15.9 Å². The fourth-order valence-electron chi connectivity index (χ4n) is 2.00. The van der Waals surface area contributed by atoms with Gasteiger partial charge in [0.25, 0.3) is 0 Å². The quantitative estimate of drug-likeness (QED) is 0.889. The van der Waals surface area contributed by atoms with E-state index in [0.29, 0.717) is 6.54 Å². The molecule has 19 heavy (non-hydrogen) atoms. The van der Waals surface area contributed by atoms with Gasteiger partial charge in [-0.2, -0.15) is 0 Å². The second-order valence-corrected chi connectivity index (χ2v) is 5.35. The third-order valence-corrected chi connectivity index (χ3v) is 3.27. The molecule has 2 rings (SSSR count). The largest absolute Gasteiger partial charge is 0.395 e. The fourth-order valence-corrected chi connectivity index (χ4v) is 2.41. The van der Waals surface area contributed by atoms with Gasteiger partial charge in [0.05, 0.1) is 6.61 Å². The SMILES string of the molecule is OCCN(Cc1ccccc1)Cc1cncc(Br)c1. The molecule has 0 radical (unpaired) electrons. The summed E-state index contributed by atoms with van der Waals surface area (Å²) >= 11 is 3.43. The van der Waals surface area contributed by atoms with Crippen molar-refractivity contribution in [2.45, 2.75) is 13.1 Å². The van der Waals surface area contributed by atoms with Crippen molar-refractivity contribution in [3.8, 4) is 0 Å². The second kappa shape index (κ2) is 7.38. The molecule has 0 aliphatic carbocycles. The van der Waals surface area contributed by atoms with Crippen LogP contribution in [-0.4, -0.2) is 28.1 Å². The van der Waals surface area contributed by atoms with Gasteiger partial charge in [0.15, 0.2) is 0 Å². The van der Waals surface area contributed by atoms with Crippen LogP contribution >= 0.6 is 15.9 Å². The number of rotatable bonds is 6. The number of pyridine rings is 1. The van der Waals surface area contributed by atoms with Crippen LogP contribution in [0.5, 0.6) is 0 Å². The normalized spacial score (nSPS) is 10.9. The molecule has 0 amide bonds. The highest BCUT2D eigenvalue weighted by molar-refractivity contribution is 9.10. The maximum atomic E-state index is 9.18. The van der Waals surface area contributed by atoms with Crippen molar-refractivity contribution in [1.29, 1.82) is 0 Å². The summed E-state index contributed by atoms with van der Waals surface area (Å²) in [5.74, 6) is 0. The van der Waals surface area contributed by atoms with Crippen molar-refractivity contribution in [1.82, 2.24) is 9.88 Å². The smallest absolute Gasteiger partial charge is 0.0558 e. The summed E-state index contributed by atoms with van der Waals surface area (Å²) in [6, 6.07) is 12.3. The van der Waals surface area contributed by atoms with E-state index < -0.39 is 0 Å². The number of halogens is 1. The minimum Gasteiger partial charge on any atom is -0.395 e. The van der Waals surface area contributed by atoms with Crippen LogP contribution in [0.4, 0.5) is 0 Å². The summed E-state index contributed by atoms with van der Waals surface area (Å²) in [7, 11) is 0. The van der Waals surface area contributed by atoms with Gasteiger partial charge in [-0.25, -0.2) is 0 Å². The predicted molar refractivity (Wildman–Crippen MR) is 79.6 cm³/mol. The van der Waals surface area contributed by atoms with E-state index in [9.17, 15) is 5.11 Å². The van der Waals surface area contributed by atoms with Crippen molar-refractivity contribution in [2.75, 3.05) is 13.2 Å². The van der Waals surface area contributed by atoms with E-state index >= 15 is 0 Å². The molecule has 2 aromatic rings. The Morgan fingerprint density at radius 1 is 1.05 bits per heavy atom. The number of benzene rings is 1. The number of hydrogen-bond acceptors (Lipinski definition) is 3. The Hall–Kier alpha value is -1.23. The molecule has 1 aromatic heterocycles. The van der Waals surface area contributed by atoms with E-state index in [1.807, 2.05) is 24.4 Å². The first-order valence-corrected chi connectivity index (χ1v) is 7.04. The molecular formula is C15H17BrN2O. The van der Waals surface area contributed by atoms with Gasteiger partial charge in [-0.3, -0.25) is 9.88 Å². The lowest BCUT2D eigenvalue weighted by Gasteiger charge is -2.21. The molecule has 0 bridgehead atoms. The molecule has 0 saturated heterocycles. The van der Waals surface area contributed by atoms with Gasteiger partial charge in [0, 0.05) is 36.5 Å². The number of aliphatic hydroxyl groups is 1. The van der Waals surface area contributed by atoms with Crippen LogP contribution < -0.4 is 0 Å². The highest BCUT2D eigenvalue weighted by Gasteiger charge is 2.07. The summed E-state index contributed by atoms with van der Waals surface area (Å²) in [5.41, 5.74) is 2.39. The Balaban J connectivity index is 2.04.